The van der Waals surface area contributed by atoms with E-state index >= 15 is 0 Å². The molecule has 6 nitrogen and oxygen atoms in total. The molecule has 5 rings (SSSR count). The van der Waals surface area contributed by atoms with Crippen molar-refractivity contribution >= 4 is 38.6 Å². The van der Waals surface area contributed by atoms with Gasteiger partial charge in [0.05, 0.1) is 39.9 Å². The molecule has 3 aromatic rings. The lowest BCUT2D eigenvalue weighted by molar-refractivity contribution is -0.137. The van der Waals surface area contributed by atoms with E-state index < -0.39 is 11.7 Å². The highest BCUT2D eigenvalue weighted by atomic mass is 79.9. The first kappa shape index (κ1) is 23.0. The first-order chi connectivity index (χ1) is 16.2. The molecule has 1 amide bonds. The quantitative estimate of drug-likeness (QED) is 0.486. The number of nitrogen functional groups attached to an aromatic ring is 1. The molecule has 10 heteroatoms. The SMILES string of the molecule is Nc1nc2ccc(C(=O)N(Cc3ccc(C(F)(F)F)cn3)[C@@H]3CCO[C@@H]3C3CC3)cc2cc1Br. The van der Waals surface area contributed by atoms with E-state index in [0.717, 1.165) is 30.5 Å². The van der Waals surface area contributed by atoms with Gasteiger partial charge in [-0.25, -0.2) is 4.98 Å². The maximum Gasteiger partial charge on any atom is 0.417 e. The van der Waals surface area contributed by atoms with E-state index in [2.05, 4.69) is 25.9 Å². The minimum atomic E-state index is -4.46. The smallest absolute Gasteiger partial charge is 0.383 e. The summed E-state index contributed by atoms with van der Waals surface area (Å²) in [6, 6.07) is 9.15. The van der Waals surface area contributed by atoms with Gasteiger partial charge in [0, 0.05) is 23.8 Å². The van der Waals surface area contributed by atoms with Crippen LogP contribution in [0.2, 0.25) is 0 Å². The summed E-state index contributed by atoms with van der Waals surface area (Å²) in [5.74, 6) is 0.540. The number of hydrogen-bond acceptors (Lipinski definition) is 5. The van der Waals surface area contributed by atoms with Gasteiger partial charge in [0.1, 0.15) is 5.82 Å². The summed E-state index contributed by atoms with van der Waals surface area (Å²) < 4.78 is 45.5. The van der Waals surface area contributed by atoms with Crippen molar-refractivity contribution in [3.05, 3.63) is 63.9 Å². The number of fused-ring (bicyclic) bond motifs is 1. The Morgan fingerprint density at radius 2 is 1.97 bits per heavy atom. The van der Waals surface area contributed by atoms with Gasteiger partial charge in [-0.3, -0.25) is 9.78 Å². The molecule has 0 bridgehead atoms. The zero-order chi connectivity index (χ0) is 24.0. The summed E-state index contributed by atoms with van der Waals surface area (Å²) in [5, 5.41) is 0.751. The van der Waals surface area contributed by atoms with E-state index in [1.54, 1.807) is 23.1 Å². The lowest BCUT2D eigenvalue weighted by Crippen LogP contribution is -2.45. The molecule has 1 aliphatic heterocycles. The van der Waals surface area contributed by atoms with Crippen molar-refractivity contribution in [1.82, 2.24) is 14.9 Å². The van der Waals surface area contributed by atoms with E-state index in [4.69, 9.17) is 10.5 Å². The Morgan fingerprint density at radius 1 is 1.18 bits per heavy atom. The molecule has 0 radical (unpaired) electrons. The zero-order valence-electron chi connectivity index (χ0n) is 18.1. The summed E-state index contributed by atoms with van der Waals surface area (Å²) in [6.45, 7) is 0.639. The maximum atomic E-state index is 13.8. The average molecular weight is 535 g/mol. The first-order valence-electron chi connectivity index (χ1n) is 11.0. The van der Waals surface area contributed by atoms with Crippen LogP contribution in [0.25, 0.3) is 10.9 Å². The highest BCUT2D eigenvalue weighted by Crippen LogP contribution is 2.41. The Morgan fingerprint density at radius 3 is 2.65 bits per heavy atom. The third-order valence-corrected chi connectivity index (χ3v) is 7.01. The van der Waals surface area contributed by atoms with Gasteiger partial charge in [0.15, 0.2) is 0 Å². The Bertz CT molecular complexity index is 1230. The fraction of sp³-hybridized carbons (Fsp3) is 0.375. The number of nitrogens with two attached hydrogens (primary N) is 1. The molecular weight excluding hydrogens is 513 g/mol. The number of rotatable bonds is 5. The maximum absolute atomic E-state index is 13.8. The van der Waals surface area contributed by atoms with E-state index in [0.29, 0.717) is 46.0 Å². The predicted molar refractivity (Wildman–Crippen MR) is 124 cm³/mol. The lowest BCUT2D eigenvalue weighted by atomic mass is 10.0. The van der Waals surface area contributed by atoms with Crippen LogP contribution in [0.3, 0.4) is 0 Å². The monoisotopic (exact) mass is 534 g/mol. The molecule has 0 unspecified atom stereocenters. The number of carbonyl (C=O) groups excluding carboxylic acids is 1. The number of nitrogens with zero attached hydrogens (tertiary/aromatic N) is 3. The van der Waals surface area contributed by atoms with Crippen LogP contribution in [0, 0.1) is 5.92 Å². The fourth-order valence-electron chi connectivity index (χ4n) is 4.47. The molecular formula is C24H22BrF3N4O2. The van der Waals surface area contributed by atoms with Crippen molar-refractivity contribution in [2.75, 3.05) is 12.3 Å². The topological polar surface area (TPSA) is 81.3 Å². The number of pyridine rings is 2. The summed E-state index contributed by atoms with van der Waals surface area (Å²) >= 11 is 3.37. The number of carbonyl (C=O) groups is 1. The zero-order valence-corrected chi connectivity index (χ0v) is 19.6. The highest BCUT2D eigenvalue weighted by molar-refractivity contribution is 9.10. The minimum absolute atomic E-state index is 0.0746. The number of benzene rings is 1. The van der Waals surface area contributed by atoms with Crippen LogP contribution in [0.4, 0.5) is 19.0 Å². The van der Waals surface area contributed by atoms with Crippen molar-refractivity contribution in [1.29, 1.82) is 0 Å². The van der Waals surface area contributed by atoms with Gasteiger partial charge in [-0.2, -0.15) is 13.2 Å². The summed E-state index contributed by atoms with van der Waals surface area (Å²) in [7, 11) is 0. The Balaban J connectivity index is 1.48. The number of alkyl halides is 3. The second-order valence-corrected chi connectivity index (χ2v) is 9.62. The van der Waals surface area contributed by atoms with Gasteiger partial charge in [0.2, 0.25) is 0 Å². The van der Waals surface area contributed by atoms with Crippen molar-refractivity contribution in [2.24, 2.45) is 5.92 Å². The Kier molecular flexibility index (Phi) is 5.97. The minimum Gasteiger partial charge on any atom is -0.383 e. The third-order valence-electron chi connectivity index (χ3n) is 6.38. The van der Waals surface area contributed by atoms with Crippen molar-refractivity contribution < 1.29 is 22.7 Å². The standard InChI is InChI=1S/C24H22BrF3N4O2/c25-18-10-15-9-14(3-6-19(15)31-22(18)29)23(33)32(20-7-8-34-21(20)13-1-2-13)12-17-5-4-16(11-30-17)24(26,27)28/h3-6,9-11,13,20-21H,1-2,7-8,12H2,(H2,29,31)/t20-,21-/m1/s1. The van der Waals surface area contributed by atoms with Crippen LogP contribution in [0.15, 0.2) is 47.1 Å². The van der Waals surface area contributed by atoms with E-state index in [1.807, 2.05) is 6.07 Å². The van der Waals surface area contributed by atoms with Crippen LogP contribution in [-0.2, 0) is 17.5 Å². The van der Waals surface area contributed by atoms with Crippen LogP contribution < -0.4 is 5.73 Å². The van der Waals surface area contributed by atoms with E-state index in [9.17, 15) is 18.0 Å². The fourth-order valence-corrected chi connectivity index (χ4v) is 4.81. The Hall–Kier alpha value is -2.72. The Labute approximate surface area is 202 Å². The van der Waals surface area contributed by atoms with Gasteiger partial charge in [-0.05, 0) is 77.5 Å². The van der Waals surface area contributed by atoms with Gasteiger partial charge in [-0.15, -0.1) is 0 Å². The molecule has 2 aromatic heterocycles. The second-order valence-electron chi connectivity index (χ2n) is 8.76. The van der Waals surface area contributed by atoms with Crippen LogP contribution in [-0.4, -0.2) is 39.5 Å². The predicted octanol–water partition coefficient (Wildman–Crippen LogP) is 5.20. The average Bonchev–Trinajstić information content (AvgIpc) is 3.54. The summed E-state index contributed by atoms with van der Waals surface area (Å²) in [5.41, 5.74) is 6.55. The normalized spacial score (nSPS) is 20.6. The largest absolute Gasteiger partial charge is 0.417 e. The summed E-state index contributed by atoms with van der Waals surface area (Å²) in [6.07, 6.45) is -0.948. The van der Waals surface area contributed by atoms with Gasteiger partial charge in [0.25, 0.3) is 5.91 Å². The molecule has 2 N–H and O–H groups in total. The first-order valence-corrected chi connectivity index (χ1v) is 11.8. The third kappa shape index (κ3) is 4.61. The molecule has 178 valence electrons. The summed E-state index contributed by atoms with van der Waals surface area (Å²) in [4.78, 5) is 23.8. The number of ether oxygens (including phenoxy) is 1. The van der Waals surface area contributed by atoms with Crippen LogP contribution in [0.1, 0.15) is 40.9 Å². The van der Waals surface area contributed by atoms with Crippen molar-refractivity contribution in [2.45, 2.75) is 44.1 Å². The van der Waals surface area contributed by atoms with Crippen molar-refractivity contribution in [3.63, 3.8) is 0 Å². The van der Waals surface area contributed by atoms with Gasteiger partial charge in [-0.1, -0.05) is 0 Å². The van der Waals surface area contributed by atoms with E-state index in [-0.39, 0.29) is 24.6 Å². The van der Waals surface area contributed by atoms with Gasteiger partial charge >= 0.3 is 6.18 Å². The number of amides is 1. The number of anilines is 1. The highest BCUT2D eigenvalue weighted by Gasteiger charge is 2.44. The lowest BCUT2D eigenvalue weighted by Gasteiger charge is -2.32. The molecule has 1 saturated carbocycles. The molecule has 3 heterocycles. The number of halogens is 4. The molecule has 2 aliphatic rings. The molecule has 1 aromatic carbocycles. The number of hydrogen-bond donors (Lipinski definition) is 1. The van der Waals surface area contributed by atoms with Gasteiger partial charge < -0.3 is 15.4 Å². The number of aromatic nitrogens is 2. The second kappa shape index (κ2) is 8.81. The van der Waals surface area contributed by atoms with Crippen LogP contribution >= 0.6 is 15.9 Å². The molecule has 1 aliphatic carbocycles. The molecule has 2 atom stereocenters. The van der Waals surface area contributed by atoms with E-state index in [1.165, 1.54) is 6.07 Å². The molecule has 1 saturated heterocycles. The van der Waals surface area contributed by atoms with Crippen LogP contribution in [0.5, 0.6) is 0 Å². The molecule has 2 fully saturated rings. The molecule has 0 spiro atoms. The van der Waals surface area contributed by atoms with Crippen molar-refractivity contribution in [3.8, 4) is 0 Å². The molecule has 34 heavy (non-hydrogen) atoms.